The van der Waals surface area contributed by atoms with Crippen LogP contribution in [0.1, 0.15) is 23.7 Å². The fourth-order valence-electron chi connectivity index (χ4n) is 2.93. The van der Waals surface area contributed by atoms with Crippen LogP contribution in [0.15, 0.2) is 83.8 Å². The Hall–Kier alpha value is -3.85. The Bertz CT molecular complexity index is 1210. The third kappa shape index (κ3) is 6.33. The number of benzene rings is 3. The molecule has 8 nitrogen and oxygen atoms in total. The first-order valence-corrected chi connectivity index (χ1v) is 11.6. The molecule has 172 valence electrons. The highest BCUT2D eigenvalue weighted by Gasteiger charge is 2.23. The van der Waals surface area contributed by atoms with Gasteiger partial charge in [0, 0.05) is 11.4 Å². The first-order valence-electron chi connectivity index (χ1n) is 10.2. The molecule has 0 spiro atoms. The standard InChI is InChI=1S/C24H24N2O6S/c1-3-22(23(27)25-18-9-5-4-6-10-18)32-24(28)17-8-7-11-21(16-17)33(29,30)26-19-12-14-20(31-2)15-13-19/h4-16,22,26H,3H2,1-2H3,(H,25,27). The smallest absolute Gasteiger partial charge is 0.338 e. The number of carbonyl (C=O) groups excluding carboxylic acids is 2. The highest BCUT2D eigenvalue weighted by Crippen LogP contribution is 2.20. The highest BCUT2D eigenvalue weighted by molar-refractivity contribution is 7.92. The SMILES string of the molecule is CCC(OC(=O)c1cccc(S(=O)(=O)Nc2ccc(OC)cc2)c1)C(=O)Nc1ccccc1. The van der Waals surface area contributed by atoms with E-state index in [9.17, 15) is 18.0 Å². The lowest BCUT2D eigenvalue weighted by Gasteiger charge is -2.16. The van der Waals surface area contributed by atoms with Gasteiger partial charge in [-0.2, -0.15) is 0 Å². The zero-order valence-corrected chi connectivity index (χ0v) is 19.0. The minimum atomic E-state index is -3.96. The van der Waals surface area contributed by atoms with Crippen molar-refractivity contribution in [2.75, 3.05) is 17.1 Å². The summed E-state index contributed by atoms with van der Waals surface area (Å²) < 4.78 is 38.4. The number of hydrogen-bond acceptors (Lipinski definition) is 6. The zero-order chi connectivity index (χ0) is 23.8. The number of carbonyl (C=O) groups is 2. The minimum absolute atomic E-state index is 0.0126. The lowest BCUT2D eigenvalue weighted by Crippen LogP contribution is -2.32. The predicted molar refractivity (Wildman–Crippen MR) is 125 cm³/mol. The van der Waals surface area contributed by atoms with Gasteiger partial charge in [0.05, 0.1) is 17.6 Å². The molecule has 0 aliphatic carbocycles. The third-order valence-electron chi connectivity index (χ3n) is 4.68. The second-order valence-corrected chi connectivity index (χ2v) is 8.70. The summed E-state index contributed by atoms with van der Waals surface area (Å²) in [5.41, 5.74) is 0.931. The summed E-state index contributed by atoms with van der Waals surface area (Å²) in [7, 11) is -2.45. The molecule has 1 atom stereocenters. The Morgan fingerprint density at radius 3 is 2.24 bits per heavy atom. The number of sulfonamides is 1. The fraction of sp³-hybridized carbons (Fsp3) is 0.167. The molecule has 9 heteroatoms. The van der Waals surface area contributed by atoms with Crippen molar-refractivity contribution in [2.45, 2.75) is 24.3 Å². The number of ether oxygens (including phenoxy) is 2. The van der Waals surface area contributed by atoms with E-state index in [1.54, 1.807) is 55.5 Å². The molecule has 1 amide bonds. The van der Waals surface area contributed by atoms with Gasteiger partial charge in [-0.15, -0.1) is 0 Å². The second kappa shape index (κ2) is 10.6. The molecule has 33 heavy (non-hydrogen) atoms. The van der Waals surface area contributed by atoms with Crippen molar-refractivity contribution in [3.05, 3.63) is 84.4 Å². The molecule has 0 saturated carbocycles. The van der Waals surface area contributed by atoms with Gasteiger partial charge in [0.15, 0.2) is 6.10 Å². The monoisotopic (exact) mass is 468 g/mol. The molecule has 0 aliphatic rings. The van der Waals surface area contributed by atoms with E-state index in [2.05, 4.69) is 10.0 Å². The number of amides is 1. The van der Waals surface area contributed by atoms with Gasteiger partial charge in [0.2, 0.25) is 0 Å². The average molecular weight is 469 g/mol. The van der Waals surface area contributed by atoms with Crippen LogP contribution in [-0.4, -0.2) is 33.5 Å². The van der Waals surface area contributed by atoms with Crippen LogP contribution in [0.3, 0.4) is 0 Å². The number of esters is 1. The van der Waals surface area contributed by atoms with Crippen molar-refractivity contribution in [1.82, 2.24) is 0 Å². The average Bonchev–Trinajstić information content (AvgIpc) is 2.83. The number of rotatable bonds is 9. The van der Waals surface area contributed by atoms with E-state index < -0.39 is 28.0 Å². The quantitative estimate of drug-likeness (QED) is 0.458. The van der Waals surface area contributed by atoms with Crippen LogP contribution in [-0.2, 0) is 19.6 Å². The van der Waals surface area contributed by atoms with Gasteiger partial charge in [-0.25, -0.2) is 13.2 Å². The van der Waals surface area contributed by atoms with Crippen molar-refractivity contribution in [3.8, 4) is 5.75 Å². The Morgan fingerprint density at radius 1 is 0.909 bits per heavy atom. The van der Waals surface area contributed by atoms with Crippen LogP contribution in [0.2, 0.25) is 0 Å². The van der Waals surface area contributed by atoms with Crippen molar-refractivity contribution in [2.24, 2.45) is 0 Å². The summed E-state index contributed by atoms with van der Waals surface area (Å²) in [6.07, 6.45) is -0.781. The number of nitrogens with one attached hydrogen (secondary N) is 2. The molecule has 0 aromatic heterocycles. The maximum absolute atomic E-state index is 12.8. The van der Waals surface area contributed by atoms with E-state index in [1.165, 1.54) is 31.4 Å². The molecule has 0 radical (unpaired) electrons. The Kier molecular flexibility index (Phi) is 7.68. The Labute approximate surface area is 192 Å². The van der Waals surface area contributed by atoms with Crippen molar-refractivity contribution < 1.29 is 27.5 Å². The largest absolute Gasteiger partial charge is 0.497 e. The zero-order valence-electron chi connectivity index (χ0n) is 18.1. The molecule has 0 saturated heterocycles. The van der Waals surface area contributed by atoms with Gasteiger partial charge >= 0.3 is 5.97 Å². The van der Waals surface area contributed by atoms with Crippen molar-refractivity contribution in [1.29, 1.82) is 0 Å². The predicted octanol–water partition coefficient (Wildman–Crippen LogP) is 4.07. The first-order chi connectivity index (χ1) is 15.8. The van der Waals surface area contributed by atoms with Crippen LogP contribution < -0.4 is 14.8 Å². The van der Waals surface area contributed by atoms with Crippen LogP contribution >= 0.6 is 0 Å². The number of para-hydroxylation sites is 1. The van der Waals surface area contributed by atoms with Gasteiger partial charge in [-0.3, -0.25) is 9.52 Å². The molecule has 3 rings (SSSR count). The van der Waals surface area contributed by atoms with Crippen molar-refractivity contribution >= 4 is 33.3 Å². The molecule has 1 unspecified atom stereocenters. The van der Waals surface area contributed by atoms with Crippen LogP contribution in [0.5, 0.6) is 5.75 Å². The van der Waals surface area contributed by atoms with E-state index in [0.29, 0.717) is 17.1 Å². The summed E-state index contributed by atoms with van der Waals surface area (Å²) in [4.78, 5) is 25.0. The molecular weight excluding hydrogens is 444 g/mol. The molecule has 3 aromatic carbocycles. The normalized spacial score (nSPS) is 11.8. The van der Waals surface area contributed by atoms with Gasteiger partial charge < -0.3 is 14.8 Å². The maximum Gasteiger partial charge on any atom is 0.338 e. The van der Waals surface area contributed by atoms with E-state index in [1.807, 2.05) is 6.07 Å². The third-order valence-corrected chi connectivity index (χ3v) is 6.06. The Morgan fingerprint density at radius 2 is 1.61 bits per heavy atom. The summed E-state index contributed by atoms with van der Waals surface area (Å²) in [6.45, 7) is 1.71. The Balaban J connectivity index is 1.71. The molecule has 3 aromatic rings. The van der Waals surface area contributed by atoms with Crippen LogP contribution in [0, 0.1) is 0 Å². The molecule has 0 aliphatic heterocycles. The second-order valence-electron chi connectivity index (χ2n) is 7.02. The van der Waals surface area contributed by atoms with Crippen LogP contribution in [0.4, 0.5) is 11.4 Å². The van der Waals surface area contributed by atoms with E-state index >= 15 is 0 Å². The lowest BCUT2D eigenvalue weighted by atomic mass is 10.2. The summed E-state index contributed by atoms with van der Waals surface area (Å²) in [5.74, 6) is -0.682. The van der Waals surface area contributed by atoms with Gasteiger partial charge in [0.1, 0.15) is 5.75 Å². The van der Waals surface area contributed by atoms with Gasteiger partial charge in [-0.05, 0) is 61.0 Å². The highest BCUT2D eigenvalue weighted by atomic mass is 32.2. The minimum Gasteiger partial charge on any atom is -0.497 e. The summed E-state index contributed by atoms with van der Waals surface area (Å²) >= 11 is 0. The molecule has 0 heterocycles. The number of methoxy groups -OCH3 is 1. The fourth-order valence-corrected chi connectivity index (χ4v) is 4.03. The van der Waals surface area contributed by atoms with Gasteiger partial charge in [-0.1, -0.05) is 31.2 Å². The summed E-state index contributed by atoms with van der Waals surface area (Å²) in [5, 5.41) is 2.69. The maximum atomic E-state index is 12.8. The molecule has 0 bridgehead atoms. The summed E-state index contributed by atoms with van der Waals surface area (Å²) in [6, 6.07) is 20.6. The van der Waals surface area contributed by atoms with Crippen LogP contribution in [0.25, 0.3) is 0 Å². The number of anilines is 2. The number of hydrogen-bond donors (Lipinski definition) is 2. The molecular formula is C24H24N2O6S. The molecule has 0 fully saturated rings. The molecule has 2 N–H and O–H groups in total. The topological polar surface area (TPSA) is 111 Å². The lowest BCUT2D eigenvalue weighted by molar-refractivity contribution is -0.124. The van der Waals surface area contributed by atoms with E-state index in [0.717, 1.165) is 0 Å². The van der Waals surface area contributed by atoms with Gasteiger partial charge in [0.25, 0.3) is 15.9 Å². The first kappa shape index (κ1) is 23.8. The van der Waals surface area contributed by atoms with E-state index in [-0.39, 0.29) is 16.9 Å². The van der Waals surface area contributed by atoms with Crippen molar-refractivity contribution in [3.63, 3.8) is 0 Å². The van der Waals surface area contributed by atoms with E-state index in [4.69, 9.17) is 9.47 Å².